The summed E-state index contributed by atoms with van der Waals surface area (Å²) in [6.07, 6.45) is 45.9. The molecule has 0 aromatic rings. The molecule has 0 fully saturated rings. The van der Waals surface area contributed by atoms with Gasteiger partial charge in [-0.05, 0) is 80.5 Å². The fraction of sp³-hybridized carbons (Fsp3) is 0.898. The molecule has 0 heteroatoms. The van der Waals surface area contributed by atoms with Crippen LogP contribution in [0.3, 0.4) is 0 Å². The minimum Gasteiger partial charge on any atom is -0.103 e. The third-order valence-electron chi connectivity index (χ3n) is 12.7. The molecule has 0 aliphatic carbocycles. The summed E-state index contributed by atoms with van der Waals surface area (Å²) < 4.78 is 0. The van der Waals surface area contributed by atoms with Crippen LogP contribution in [0.25, 0.3) is 0 Å². The van der Waals surface area contributed by atoms with Crippen molar-refractivity contribution in [3.05, 3.63) is 30.7 Å². The fourth-order valence-corrected chi connectivity index (χ4v) is 10.7. The Balaban J connectivity index is 7.83. The molecule has 0 N–H and O–H groups in total. The van der Waals surface area contributed by atoms with Crippen LogP contribution in [-0.4, -0.2) is 0 Å². The van der Waals surface area contributed by atoms with Gasteiger partial charge in [0.25, 0.3) is 0 Å². The normalized spacial score (nSPS) is 17.2. The topological polar surface area (TPSA) is 0 Å². The van der Waals surface area contributed by atoms with Gasteiger partial charge in [0.1, 0.15) is 0 Å². The van der Waals surface area contributed by atoms with E-state index in [1.165, 1.54) is 173 Å². The average molecular weight is 684 g/mol. The molecule has 0 aromatic carbocycles. The lowest BCUT2D eigenvalue weighted by Gasteiger charge is -2.60. The monoisotopic (exact) mass is 684 g/mol. The summed E-state index contributed by atoms with van der Waals surface area (Å²) in [5, 5.41) is 0. The van der Waals surface area contributed by atoms with Crippen molar-refractivity contribution in [2.45, 2.75) is 249 Å². The number of hydrogen-bond donors (Lipinski definition) is 0. The zero-order chi connectivity index (χ0) is 36.8. The van der Waals surface area contributed by atoms with Gasteiger partial charge in [-0.25, -0.2) is 0 Å². The van der Waals surface area contributed by atoms with Crippen LogP contribution >= 0.6 is 0 Å². The zero-order valence-corrected chi connectivity index (χ0v) is 36.0. The first kappa shape index (κ1) is 48.5. The van der Waals surface area contributed by atoms with Gasteiger partial charge in [-0.1, -0.05) is 222 Å². The highest BCUT2D eigenvalue weighted by Gasteiger charge is 2.56. The molecule has 0 spiro atoms. The van der Waals surface area contributed by atoms with Crippen molar-refractivity contribution in [2.24, 2.45) is 34.5 Å². The van der Waals surface area contributed by atoms with Crippen LogP contribution in [0.2, 0.25) is 0 Å². The molecule has 6 atom stereocenters. The molecule has 0 rings (SSSR count). The molecule has 0 bridgehead atoms. The third-order valence-corrected chi connectivity index (χ3v) is 12.7. The summed E-state index contributed by atoms with van der Waals surface area (Å²) in [6.45, 7) is 28.9. The highest BCUT2D eigenvalue weighted by Crippen LogP contribution is 2.65. The number of allylic oxidation sites excluding steroid dienone is 3. The second-order valence-electron chi connectivity index (χ2n) is 16.8. The van der Waals surface area contributed by atoms with Crippen molar-refractivity contribution in [3.63, 3.8) is 0 Å². The minimum atomic E-state index is 0.147. The molecule has 0 aromatic heterocycles. The molecule has 1 radical (unpaired) electrons. The van der Waals surface area contributed by atoms with Gasteiger partial charge in [0.05, 0.1) is 0 Å². The van der Waals surface area contributed by atoms with E-state index in [1.54, 1.807) is 0 Å². The highest BCUT2D eigenvalue weighted by molar-refractivity contribution is 5.26. The Bertz CT molecular complexity index is 747. The fourth-order valence-electron chi connectivity index (χ4n) is 10.7. The van der Waals surface area contributed by atoms with Gasteiger partial charge in [-0.15, -0.1) is 6.58 Å². The molecule has 0 aliphatic rings. The largest absolute Gasteiger partial charge is 0.103 e. The van der Waals surface area contributed by atoms with Gasteiger partial charge in [0.2, 0.25) is 0 Å². The summed E-state index contributed by atoms with van der Waals surface area (Å²) >= 11 is 0. The maximum atomic E-state index is 4.48. The molecular formula is C49H95. The van der Waals surface area contributed by atoms with Crippen LogP contribution in [0.1, 0.15) is 249 Å². The molecular weight excluding hydrogens is 589 g/mol. The Morgan fingerprint density at radius 2 is 1.02 bits per heavy atom. The van der Waals surface area contributed by atoms with Crippen LogP contribution in [0, 0.1) is 40.4 Å². The minimum absolute atomic E-state index is 0.147. The van der Waals surface area contributed by atoms with Crippen LogP contribution < -0.4 is 0 Å². The molecule has 291 valence electrons. The number of rotatable bonds is 36. The second kappa shape index (κ2) is 31.0. The summed E-state index contributed by atoms with van der Waals surface area (Å²) in [5.74, 6) is 5.20. The Hall–Kier alpha value is -0.520. The van der Waals surface area contributed by atoms with Gasteiger partial charge in [-0.2, -0.15) is 0 Å². The van der Waals surface area contributed by atoms with Crippen molar-refractivity contribution in [1.29, 1.82) is 0 Å². The van der Waals surface area contributed by atoms with E-state index in [4.69, 9.17) is 0 Å². The molecule has 0 saturated carbocycles. The van der Waals surface area contributed by atoms with Crippen molar-refractivity contribution in [1.82, 2.24) is 0 Å². The van der Waals surface area contributed by atoms with Crippen LogP contribution in [0.15, 0.2) is 24.8 Å². The molecule has 0 heterocycles. The van der Waals surface area contributed by atoms with Gasteiger partial charge < -0.3 is 0 Å². The molecule has 49 heavy (non-hydrogen) atoms. The predicted octanol–water partition coefficient (Wildman–Crippen LogP) is 17.9. The summed E-state index contributed by atoms with van der Waals surface area (Å²) in [6, 6.07) is 0. The summed E-state index contributed by atoms with van der Waals surface area (Å²) in [5.41, 5.74) is 0.454. The summed E-state index contributed by atoms with van der Waals surface area (Å²) in [4.78, 5) is 0. The van der Waals surface area contributed by atoms with Gasteiger partial charge in [0, 0.05) is 5.41 Å². The van der Waals surface area contributed by atoms with Crippen LogP contribution in [0.5, 0.6) is 0 Å². The summed E-state index contributed by atoms with van der Waals surface area (Å²) in [7, 11) is 0. The van der Waals surface area contributed by atoms with E-state index in [2.05, 4.69) is 94.0 Å². The smallest absolute Gasteiger partial charge is 0.000586 e. The Morgan fingerprint density at radius 1 is 0.531 bits per heavy atom. The van der Waals surface area contributed by atoms with Crippen LogP contribution in [0.4, 0.5) is 0 Å². The lowest BCUT2D eigenvalue weighted by molar-refractivity contribution is -0.0431. The maximum Gasteiger partial charge on any atom is 0.000586 e. The highest BCUT2D eigenvalue weighted by atomic mass is 14.6. The van der Waals surface area contributed by atoms with E-state index in [1.807, 2.05) is 5.92 Å². The van der Waals surface area contributed by atoms with Crippen LogP contribution in [-0.2, 0) is 0 Å². The first-order valence-corrected chi connectivity index (χ1v) is 22.9. The quantitative estimate of drug-likeness (QED) is 0.0455. The van der Waals surface area contributed by atoms with Gasteiger partial charge >= 0.3 is 0 Å². The van der Waals surface area contributed by atoms with Crippen molar-refractivity contribution in [2.75, 3.05) is 0 Å². The molecule has 0 saturated heterocycles. The van der Waals surface area contributed by atoms with E-state index in [9.17, 15) is 0 Å². The average Bonchev–Trinajstić information content (AvgIpc) is 3.08. The predicted molar refractivity (Wildman–Crippen MR) is 227 cm³/mol. The lowest BCUT2D eigenvalue weighted by Crippen LogP contribution is -2.52. The first-order chi connectivity index (χ1) is 23.8. The molecule has 6 unspecified atom stereocenters. The number of hydrogen-bond acceptors (Lipinski definition) is 0. The lowest BCUT2D eigenvalue weighted by atomic mass is 9.44. The van der Waals surface area contributed by atoms with E-state index >= 15 is 0 Å². The van der Waals surface area contributed by atoms with Crippen molar-refractivity contribution < 1.29 is 0 Å². The first-order valence-electron chi connectivity index (χ1n) is 22.9. The zero-order valence-electron chi connectivity index (χ0n) is 36.0. The second-order valence-corrected chi connectivity index (χ2v) is 16.8. The SMILES string of the molecule is C=CC[C](CC(CCC)CCCCC)C(C=CC)(CCC)C(CCC)(CC(CCC)CCCCC)C(CCC)CC(CCC)CCCCC. The molecule has 0 nitrogen and oxygen atoms in total. The standard InChI is InChI=1S/C49H95/c1-12-23-26-34-43(29-15-4)40-46(32-18-7)48(37-20-9,38-21-10)49(39-22-11,42-45(31-17-6)36-28-25-14-3)47(33-19-8)41-44(30-16-5)35-27-24-13-2/h18,20,37,43-45,47H,7,12-17,19,21-36,38-42H2,1-6,8-11H3. The van der Waals surface area contributed by atoms with E-state index in [-0.39, 0.29) is 5.41 Å². The van der Waals surface area contributed by atoms with Gasteiger partial charge in [0.15, 0.2) is 0 Å². The number of unbranched alkanes of at least 4 members (excludes halogenated alkanes) is 6. The van der Waals surface area contributed by atoms with Gasteiger partial charge in [-0.3, -0.25) is 0 Å². The van der Waals surface area contributed by atoms with E-state index in [0.717, 1.165) is 30.1 Å². The Labute approximate surface area is 313 Å². The molecule has 0 aliphatic heterocycles. The van der Waals surface area contributed by atoms with E-state index in [0.29, 0.717) is 5.41 Å². The van der Waals surface area contributed by atoms with E-state index < -0.39 is 0 Å². The van der Waals surface area contributed by atoms with Crippen molar-refractivity contribution in [3.8, 4) is 0 Å². The third kappa shape index (κ3) is 17.2. The molecule has 0 amide bonds. The maximum absolute atomic E-state index is 4.48. The van der Waals surface area contributed by atoms with Crippen molar-refractivity contribution >= 4 is 0 Å². The Kier molecular flexibility index (Phi) is 30.7. The Morgan fingerprint density at radius 3 is 1.49 bits per heavy atom.